The summed E-state index contributed by atoms with van der Waals surface area (Å²) in [5.41, 5.74) is 3.35. The average Bonchev–Trinajstić information content (AvgIpc) is 2.90. The van der Waals surface area contributed by atoms with Gasteiger partial charge in [0.2, 0.25) is 0 Å². The van der Waals surface area contributed by atoms with Crippen molar-refractivity contribution < 1.29 is 14.6 Å². The molecule has 0 radical (unpaired) electrons. The van der Waals surface area contributed by atoms with Crippen LogP contribution in [0.3, 0.4) is 0 Å². The standard InChI is InChI=1S/C19H19FN2O2/c1-13(23)9-18-19(15-5-7-16(20)8-6-15)21-12-22(18)11-14-3-2-4-17(24)10-14/h2-8,10,12-13,23-24H,9,11H2,1H3. The number of hydrogen-bond donors (Lipinski definition) is 2. The topological polar surface area (TPSA) is 58.3 Å². The molecule has 0 saturated carbocycles. The van der Waals surface area contributed by atoms with Crippen molar-refractivity contribution in [3.05, 3.63) is 71.9 Å². The van der Waals surface area contributed by atoms with Crippen LogP contribution in [-0.2, 0) is 13.0 Å². The summed E-state index contributed by atoms with van der Waals surface area (Å²) in [7, 11) is 0. The molecule has 0 spiro atoms. The largest absolute Gasteiger partial charge is 0.508 e. The van der Waals surface area contributed by atoms with Gasteiger partial charge in [-0.15, -0.1) is 0 Å². The third kappa shape index (κ3) is 3.63. The van der Waals surface area contributed by atoms with E-state index >= 15 is 0 Å². The van der Waals surface area contributed by atoms with Crippen LogP contribution in [0.5, 0.6) is 5.75 Å². The molecule has 24 heavy (non-hydrogen) atoms. The molecule has 0 bridgehead atoms. The van der Waals surface area contributed by atoms with Crippen LogP contribution in [0.25, 0.3) is 11.3 Å². The van der Waals surface area contributed by atoms with E-state index in [0.717, 1.165) is 22.5 Å². The van der Waals surface area contributed by atoms with Crippen LogP contribution in [0.4, 0.5) is 4.39 Å². The molecule has 1 unspecified atom stereocenters. The molecule has 3 rings (SSSR count). The average molecular weight is 326 g/mol. The fraction of sp³-hybridized carbons (Fsp3) is 0.211. The summed E-state index contributed by atoms with van der Waals surface area (Å²) in [5, 5.41) is 19.4. The highest BCUT2D eigenvalue weighted by Crippen LogP contribution is 2.25. The lowest BCUT2D eigenvalue weighted by Gasteiger charge is -2.12. The first-order chi connectivity index (χ1) is 11.5. The zero-order chi connectivity index (χ0) is 17.1. The number of aromatic nitrogens is 2. The fourth-order valence-electron chi connectivity index (χ4n) is 2.74. The van der Waals surface area contributed by atoms with E-state index < -0.39 is 6.10 Å². The van der Waals surface area contributed by atoms with E-state index in [4.69, 9.17) is 0 Å². The van der Waals surface area contributed by atoms with Crippen molar-refractivity contribution in [1.82, 2.24) is 9.55 Å². The molecule has 2 N–H and O–H groups in total. The first-order valence-corrected chi connectivity index (χ1v) is 7.79. The SMILES string of the molecule is CC(O)Cc1c(-c2ccc(F)cc2)ncn1Cc1cccc(O)c1. The van der Waals surface area contributed by atoms with E-state index in [1.54, 1.807) is 43.6 Å². The van der Waals surface area contributed by atoms with Crippen molar-refractivity contribution in [2.24, 2.45) is 0 Å². The Hall–Kier alpha value is -2.66. The number of halogens is 1. The van der Waals surface area contributed by atoms with Gasteiger partial charge in [0.25, 0.3) is 0 Å². The smallest absolute Gasteiger partial charge is 0.123 e. The van der Waals surface area contributed by atoms with Crippen LogP contribution in [0, 0.1) is 5.82 Å². The molecule has 0 amide bonds. The lowest BCUT2D eigenvalue weighted by atomic mass is 10.1. The molecule has 0 saturated heterocycles. The Bertz CT molecular complexity index is 826. The molecule has 2 aromatic carbocycles. The molecule has 124 valence electrons. The van der Waals surface area contributed by atoms with E-state index in [9.17, 15) is 14.6 Å². The normalized spacial score (nSPS) is 12.3. The predicted octanol–water partition coefficient (Wildman–Crippen LogP) is 3.37. The van der Waals surface area contributed by atoms with Crippen LogP contribution in [0.15, 0.2) is 54.9 Å². The molecule has 0 aliphatic heterocycles. The fourth-order valence-corrected chi connectivity index (χ4v) is 2.74. The van der Waals surface area contributed by atoms with E-state index in [1.165, 1.54) is 12.1 Å². The molecule has 3 aromatic rings. The molecule has 0 aliphatic rings. The number of benzene rings is 2. The Morgan fingerprint density at radius 2 is 1.92 bits per heavy atom. The van der Waals surface area contributed by atoms with Gasteiger partial charge in [0.15, 0.2) is 0 Å². The van der Waals surface area contributed by atoms with Gasteiger partial charge in [-0.05, 0) is 48.9 Å². The number of aromatic hydroxyl groups is 1. The monoisotopic (exact) mass is 326 g/mol. The van der Waals surface area contributed by atoms with Crippen LogP contribution in [-0.4, -0.2) is 25.9 Å². The van der Waals surface area contributed by atoms with E-state index in [0.29, 0.717) is 13.0 Å². The minimum atomic E-state index is -0.524. The molecule has 4 nitrogen and oxygen atoms in total. The second-order valence-electron chi connectivity index (χ2n) is 5.90. The predicted molar refractivity (Wildman–Crippen MR) is 90.2 cm³/mol. The van der Waals surface area contributed by atoms with Gasteiger partial charge in [-0.1, -0.05) is 12.1 Å². The van der Waals surface area contributed by atoms with E-state index in [-0.39, 0.29) is 11.6 Å². The molecule has 5 heteroatoms. The van der Waals surface area contributed by atoms with Gasteiger partial charge in [0, 0.05) is 24.2 Å². The number of aliphatic hydroxyl groups is 1. The summed E-state index contributed by atoms with van der Waals surface area (Å²) in [5.74, 6) is -0.0848. The Morgan fingerprint density at radius 1 is 1.17 bits per heavy atom. The van der Waals surface area contributed by atoms with Gasteiger partial charge >= 0.3 is 0 Å². The molecular weight excluding hydrogens is 307 g/mol. The van der Waals surface area contributed by atoms with Gasteiger partial charge in [-0.2, -0.15) is 0 Å². The molecule has 0 aliphatic carbocycles. The van der Waals surface area contributed by atoms with Crippen molar-refractivity contribution in [1.29, 1.82) is 0 Å². The number of rotatable bonds is 5. The maximum atomic E-state index is 13.2. The minimum absolute atomic E-state index is 0.212. The summed E-state index contributed by atoms with van der Waals surface area (Å²) < 4.78 is 15.1. The molecule has 0 fully saturated rings. The van der Waals surface area contributed by atoms with Gasteiger partial charge in [0.05, 0.1) is 18.1 Å². The molecule has 1 heterocycles. The molecular formula is C19H19FN2O2. The maximum absolute atomic E-state index is 13.2. The lowest BCUT2D eigenvalue weighted by molar-refractivity contribution is 0.193. The van der Waals surface area contributed by atoms with Crippen molar-refractivity contribution >= 4 is 0 Å². The van der Waals surface area contributed by atoms with Gasteiger partial charge < -0.3 is 14.8 Å². The van der Waals surface area contributed by atoms with Gasteiger partial charge in [-0.25, -0.2) is 9.37 Å². The van der Waals surface area contributed by atoms with Crippen LogP contribution < -0.4 is 0 Å². The third-order valence-electron chi connectivity index (χ3n) is 3.82. The van der Waals surface area contributed by atoms with E-state index in [1.807, 2.05) is 10.6 Å². The number of nitrogens with zero attached hydrogens (tertiary/aromatic N) is 2. The zero-order valence-electron chi connectivity index (χ0n) is 13.4. The number of aliphatic hydroxyl groups excluding tert-OH is 1. The Labute approximate surface area is 139 Å². The Balaban J connectivity index is 1.98. The number of phenols is 1. The summed E-state index contributed by atoms with van der Waals surface area (Å²) in [4.78, 5) is 4.45. The highest BCUT2D eigenvalue weighted by atomic mass is 19.1. The molecule has 1 aromatic heterocycles. The van der Waals surface area contributed by atoms with Crippen LogP contribution in [0.1, 0.15) is 18.2 Å². The number of phenolic OH excluding ortho intramolecular Hbond substituents is 1. The van der Waals surface area contributed by atoms with Crippen molar-refractivity contribution in [3.63, 3.8) is 0 Å². The quantitative estimate of drug-likeness (QED) is 0.756. The molecule has 1 atom stereocenters. The maximum Gasteiger partial charge on any atom is 0.123 e. The van der Waals surface area contributed by atoms with Gasteiger partial charge in [-0.3, -0.25) is 0 Å². The highest BCUT2D eigenvalue weighted by molar-refractivity contribution is 5.62. The van der Waals surface area contributed by atoms with E-state index in [2.05, 4.69) is 4.98 Å². The second-order valence-corrected chi connectivity index (χ2v) is 5.90. The lowest BCUT2D eigenvalue weighted by Crippen LogP contribution is -2.11. The van der Waals surface area contributed by atoms with Gasteiger partial charge in [0.1, 0.15) is 11.6 Å². The summed E-state index contributed by atoms with van der Waals surface area (Å²) in [6, 6.07) is 13.2. The summed E-state index contributed by atoms with van der Waals surface area (Å²) in [6.45, 7) is 2.25. The third-order valence-corrected chi connectivity index (χ3v) is 3.82. The number of imidazole rings is 1. The van der Waals surface area contributed by atoms with Crippen LogP contribution in [0.2, 0.25) is 0 Å². The van der Waals surface area contributed by atoms with Crippen molar-refractivity contribution in [2.45, 2.75) is 26.0 Å². The summed E-state index contributed by atoms with van der Waals surface area (Å²) in [6.07, 6.45) is 1.62. The minimum Gasteiger partial charge on any atom is -0.508 e. The van der Waals surface area contributed by atoms with Crippen molar-refractivity contribution in [3.8, 4) is 17.0 Å². The van der Waals surface area contributed by atoms with Crippen LogP contribution >= 0.6 is 0 Å². The zero-order valence-corrected chi connectivity index (χ0v) is 13.4. The Kier molecular flexibility index (Phi) is 4.62. The second kappa shape index (κ2) is 6.84. The number of hydrogen-bond acceptors (Lipinski definition) is 3. The Morgan fingerprint density at radius 3 is 2.58 bits per heavy atom. The first-order valence-electron chi connectivity index (χ1n) is 7.79. The van der Waals surface area contributed by atoms with Crippen molar-refractivity contribution in [2.75, 3.05) is 0 Å². The highest BCUT2D eigenvalue weighted by Gasteiger charge is 2.15. The first kappa shape index (κ1) is 16.2. The summed E-state index contributed by atoms with van der Waals surface area (Å²) >= 11 is 0.